The van der Waals surface area contributed by atoms with Gasteiger partial charge >= 0.3 is 5.97 Å². The number of ketones is 2. The van der Waals surface area contributed by atoms with E-state index in [4.69, 9.17) is 23.2 Å². The first kappa shape index (κ1) is 29.3. The minimum Gasteiger partial charge on any atom is -0.508 e. The lowest BCUT2D eigenvalue weighted by Gasteiger charge is -2.15. The molecule has 0 bridgehead atoms. The Hall–Kier alpha value is -4.67. The van der Waals surface area contributed by atoms with Crippen molar-refractivity contribution in [3.63, 3.8) is 0 Å². The minimum atomic E-state index is -1.68. The fraction of sp³-hybridized carbons (Fsp3) is 0.138. The highest BCUT2D eigenvalue weighted by atomic mass is 35.5. The summed E-state index contributed by atoms with van der Waals surface area (Å²) in [5, 5.41) is 24.4. The number of benzene rings is 3. The van der Waals surface area contributed by atoms with E-state index in [1.165, 1.54) is 31.2 Å². The molecule has 210 valence electrons. The Bertz CT molecular complexity index is 1690. The molecule has 1 atom stereocenters. The van der Waals surface area contributed by atoms with Crippen LogP contribution in [0.25, 0.3) is 10.9 Å². The van der Waals surface area contributed by atoms with Crippen LogP contribution < -0.4 is 10.6 Å². The van der Waals surface area contributed by atoms with Gasteiger partial charge in [-0.25, -0.2) is 4.79 Å². The third-order valence-corrected chi connectivity index (χ3v) is 6.82. The third-order valence-electron chi connectivity index (χ3n) is 6.22. The standard InChI is InChI=1S/C29H23Cl2N3O7/c1-14(35)24-18-7-2-3-8-21(18)33-26(24)28(39)34-22(29(40)41)12-23(37)25-19(30)10-16(11-20(25)31)27(38)32-13-15-5-4-6-17(36)9-15/h2-11,22,33,36H,12-13H2,1H3,(H,32,38)(H,34,39)(H,40,41). The Labute approximate surface area is 243 Å². The molecule has 0 saturated heterocycles. The number of aromatic amines is 1. The van der Waals surface area contributed by atoms with E-state index in [1.807, 2.05) is 0 Å². The number of phenolic OH excluding ortho intramolecular Hbond substituents is 1. The summed E-state index contributed by atoms with van der Waals surface area (Å²) in [5.74, 6) is -4.08. The van der Waals surface area contributed by atoms with Gasteiger partial charge in [-0.05, 0) is 42.8 Å². The fourth-order valence-corrected chi connectivity index (χ4v) is 5.02. The maximum atomic E-state index is 13.1. The largest absolute Gasteiger partial charge is 0.508 e. The number of aliphatic carboxylic acids is 1. The van der Waals surface area contributed by atoms with Crippen molar-refractivity contribution in [3.8, 4) is 5.75 Å². The van der Waals surface area contributed by atoms with Crippen LogP contribution in [-0.2, 0) is 11.3 Å². The van der Waals surface area contributed by atoms with Crippen LogP contribution in [0.1, 0.15) is 60.5 Å². The van der Waals surface area contributed by atoms with Gasteiger partial charge in [-0.15, -0.1) is 0 Å². The number of hydrogen-bond donors (Lipinski definition) is 5. The molecule has 0 aliphatic rings. The number of rotatable bonds is 10. The molecule has 2 amide bonds. The number of hydrogen-bond acceptors (Lipinski definition) is 6. The van der Waals surface area contributed by atoms with Crippen molar-refractivity contribution in [2.24, 2.45) is 0 Å². The number of aromatic hydroxyl groups is 1. The fourth-order valence-electron chi connectivity index (χ4n) is 4.32. The van der Waals surface area contributed by atoms with Gasteiger partial charge in [-0.3, -0.25) is 19.2 Å². The number of phenols is 1. The first-order valence-electron chi connectivity index (χ1n) is 12.2. The number of amides is 2. The van der Waals surface area contributed by atoms with E-state index in [0.717, 1.165) is 0 Å². The van der Waals surface area contributed by atoms with E-state index in [9.17, 15) is 34.2 Å². The summed E-state index contributed by atoms with van der Waals surface area (Å²) in [7, 11) is 0. The maximum absolute atomic E-state index is 13.1. The zero-order valence-electron chi connectivity index (χ0n) is 21.5. The number of carboxylic acids is 1. The molecule has 0 fully saturated rings. The van der Waals surface area contributed by atoms with E-state index >= 15 is 0 Å². The van der Waals surface area contributed by atoms with Gasteiger partial charge in [0.2, 0.25) is 0 Å². The summed E-state index contributed by atoms with van der Waals surface area (Å²) < 4.78 is 0. The molecule has 0 spiro atoms. The first-order chi connectivity index (χ1) is 19.5. The number of Topliss-reactive ketones (excluding diaryl/α,β-unsaturated/α-hetero) is 2. The SMILES string of the molecule is CC(=O)c1c(C(=O)NC(CC(=O)c2c(Cl)cc(C(=O)NCc3cccc(O)c3)cc2Cl)C(=O)O)[nH]c2ccccc12. The van der Waals surface area contributed by atoms with Crippen molar-refractivity contribution in [2.45, 2.75) is 25.9 Å². The molecular weight excluding hydrogens is 573 g/mol. The molecule has 4 rings (SSSR count). The highest BCUT2D eigenvalue weighted by Crippen LogP contribution is 2.29. The van der Waals surface area contributed by atoms with E-state index in [-0.39, 0.29) is 44.7 Å². The van der Waals surface area contributed by atoms with Gasteiger partial charge in [0, 0.05) is 29.4 Å². The van der Waals surface area contributed by atoms with E-state index in [0.29, 0.717) is 16.5 Å². The molecule has 1 unspecified atom stereocenters. The number of nitrogens with one attached hydrogen (secondary N) is 3. The molecule has 10 nitrogen and oxygen atoms in total. The Morgan fingerprint density at radius 2 is 1.59 bits per heavy atom. The zero-order chi connectivity index (χ0) is 29.8. The number of carboxylic acid groups (broad SMARTS) is 1. The average Bonchev–Trinajstić information content (AvgIpc) is 3.31. The van der Waals surface area contributed by atoms with Gasteiger partial charge < -0.3 is 25.8 Å². The second-order valence-electron chi connectivity index (χ2n) is 9.14. The third kappa shape index (κ3) is 6.56. The minimum absolute atomic E-state index is 0.0437. The van der Waals surface area contributed by atoms with Crippen molar-refractivity contribution in [3.05, 3.63) is 98.7 Å². The highest BCUT2D eigenvalue weighted by molar-refractivity contribution is 6.40. The van der Waals surface area contributed by atoms with Crippen LogP contribution in [0.2, 0.25) is 10.0 Å². The van der Waals surface area contributed by atoms with E-state index in [2.05, 4.69) is 15.6 Å². The van der Waals surface area contributed by atoms with Crippen LogP contribution in [0.4, 0.5) is 0 Å². The predicted molar refractivity (Wildman–Crippen MR) is 152 cm³/mol. The first-order valence-corrected chi connectivity index (χ1v) is 13.0. The Morgan fingerprint density at radius 1 is 0.902 bits per heavy atom. The lowest BCUT2D eigenvalue weighted by molar-refractivity contribution is -0.139. The van der Waals surface area contributed by atoms with Crippen molar-refractivity contribution < 1.29 is 34.2 Å². The summed E-state index contributed by atoms with van der Waals surface area (Å²) in [6.07, 6.45) is -0.709. The number of H-pyrrole nitrogens is 1. The van der Waals surface area contributed by atoms with Crippen molar-refractivity contribution >= 4 is 63.5 Å². The summed E-state index contributed by atoms with van der Waals surface area (Å²) >= 11 is 12.6. The smallest absolute Gasteiger partial charge is 0.326 e. The highest BCUT2D eigenvalue weighted by Gasteiger charge is 2.29. The summed E-state index contributed by atoms with van der Waals surface area (Å²) in [6, 6.07) is 13.8. The molecule has 0 saturated carbocycles. The number of carbonyl (C=O) groups is 5. The second-order valence-corrected chi connectivity index (χ2v) is 9.95. The van der Waals surface area contributed by atoms with Gasteiger partial charge in [0.1, 0.15) is 17.5 Å². The molecule has 41 heavy (non-hydrogen) atoms. The van der Waals surface area contributed by atoms with E-state index in [1.54, 1.807) is 36.4 Å². The van der Waals surface area contributed by atoms with Gasteiger partial charge in [0.05, 0.1) is 21.2 Å². The lowest BCUT2D eigenvalue weighted by atomic mass is 10.0. The molecule has 5 N–H and O–H groups in total. The molecule has 12 heteroatoms. The van der Waals surface area contributed by atoms with Gasteiger partial charge in [0.25, 0.3) is 11.8 Å². The Balaban J connectivity index is 1.50. The number of halogens is 2. The van der Waals surface area contributed by atoms with Gasteiger partial charge in [-0.2, -0.15) is 0 Å². The monoisotopic (exact) mass is 595 g/mol. The van der Waals surface area contributed by atoms with Crippen molar-refractivity contribution in [1.82, 2.24) is 15.6 Å². The van der Waals surface area contributed by atoms with Crippen LogP contribution in [-0.4, -0.2) is 50.6 Å². The summed E-state index contributed by atoms with van der Waals surface area (Å²) in [6.45, 7) is 1.38. The van der Waals surface area contributed by atoms with Crippen LogP contribution in [0.3, 0.4) is 0 Å². The van der Waals surface area contributed by atoms with Crippen LogP contribution in [0.5, 0.6) is 5.75 Å². The van der Waals surface area contributed by atoms with Crippen molar-refractivity contribution in [1.29, 1.82) is 0 Å². The summed E-state index contributed by atoms with van der Waals surface area (Å²) in [5.41, 5.74) is 0.957. The van der Waals surface area contributed by atoms with Gasteiger partial charge in [-0.1, -0.05) is 53.5 Å². The molecule has 3 aromatic carbocycles. The molecule has 4 aromatic rings. The zero-order valence-corrected chi connectivity index (χ0v) is 23.0. The van der Waals surface area contributed by atoms with Crippen LogP contribution >= 0.6 is 23.2 Å². The molecule has 0 aliphatic carbocycles. The quantitative estimate of drug-likeness (QED) is 0.165. The topological polar surface area (TPSA) is 166 Å². The van der Waals surface area contributed by atoms with E-state index < -0.39 is 41.8 Å². The summed E-state index contributed by atoms with van der Waals surface area (Å²) in [4.78, 5) is 65.8. The molecule has 1 heterocycles. The molecule has 0 aliphatic heterocycles. The molecule has 0 radical (unpaired) electrons. The maximum Gasteiger partial charge on any atom is 0.326 e. The number of para-hydroxylation sites is 1. The number of fused-ring (bicyclic) bond motifs is 1. The average molecular weight is 596 g/mol. The lowest BCUT2D eigenvalue weighted by Crippen LogP contribution is -2.42. The normalized spacial score (nSPS) is 11.6. The predicted octanol–water partition coefficient (Wildman–Crippen LogP) is 4.77. The Kier molecular flexibility index (Phi) is 8.75. The number of carbonyl (C=O) groups excluding carboxylic acids is 4. The van der Waals surface area contributed by atoms with Gasteiger partial charge in [0.15, 0.2) is 11.6 Å². The van der Waals surface area contributed by atoms with Crippen LogP contribution in [0.15, 0.2) is 60.7 Å². The Morgan fingerprint density at radius 3 is 2.22 bits per heavy atom. The second kappa shape index (κ2) is 12.2. The van der Waals surface area contributed by atoms with Crippen LogP contribution in [0, 0.1) is 0 Å². The molecule has 1 aromatic heterocycles. The number of aromatic nitrogens is 1. The van der Waals surface area contributed by atoms with Crippen molar-refractivity contribution in [2.75, 3.05) is 0 Å². The molecular formula is C29H23Cl2N3O7.